The number of tetrazole rings is 1. The molecule has 0 bridgehead atoms. The van der Waals surface area contributed by atoms with Crippen molar-refractivity contribution in [2.45, 2.75) is 51.6 Å². The second kappa shape index (κ2) is 8.26. The number of thiazole rings is 1. The minimum absolute atomic E-state index is 0.000251. The van der Waals surface area contributed by atoms with E-state index in [1.165, 1.54) is 36.0 Å². The Bertz CT molecular complexity index is 873. The highest BCUT2D eigenvalue weighted by atomic mass is 32.1. The zero-order chi connectivity index (χ0) is 18.6. The highest BCUT2D eigenvalue weighted by molar-refractivity contribution is 7.09. The van der Waals surface area contributed by atoms with Crippen LogP contribution in [0, 0.1) is 0 Å². The quantitative estimate of drug-likeness (QED) is 0.682. The minimum atomic E-state index is 0.000251. The van der Waals surface area contributed by atoms with Gasteiger partial charge in [0.25, 0.3) is 0 Å². The Morgan fingerprint density at radius 2 is 2.04 bits per heavy atom. The molecule has 1 saturated carbocycles. The fourth-order valence-electron chi connectivity index (χ4n) is 3.67. The lowest BCUT2D eigenvalue weighted by atomic mass is 10.1. The summed E-state index contributed by atoms with van der Waals surface area (Å²) >= 11 is 1.72. The van der Waals surface area contributed by atoms with Gasteiger partial charge in [-0.1, -0.05) is 26.7 Å². The minimum Gasteiger partial charge on any atom is -0.367 e. The van der Waals surface area contributed by atoms with Gasteiger partial charge in [0.05, 0.1) is 18.8 Å². The van der Waals surface area contributed by atoms with E-state index in [-0.39, 0.29) is 6.10 Å². The van der Waals surface area contributed by atoms with Gasteiger partial charge in [-0.25, -0.2) is 4.98 Å². The van der Waals surface area contributed by atoms with Crippen LogP contribution in [0.3, 0.4) is 0 Å². The third kappa shape index (κ3) is 3.79. The van der Waals surface area contributed by atoms with Crippen molar-refractivity contribution in [3.63, 3.8) is 0 Å². The second-order valence-electron chi connectivity index (χ2n) is 6.62. The van der Waals surface area contributed by atoms with Crippen molar-refractivity contribution in [1.82, 2.24) is 30.2 Å². The van der Waals surface area contributed by atoms with E-state index in [0.29, 0.717) is 18.2 Å². The topological polar surface area (TPSA) is 81.3 Å². The molecular formula is C18H25N7OS. The summed E-state index contributed by atoms with van der Waals surface area (Å²) in [5.41, 5.74) is 1.90. The van der Waals surface area contributed by atoms with E-state index in [2.05, 4.69) is 30.9 Å². The van der Waals surface area contributed by atoms with E-state index in [4.69, 9.17) is 9.72 Å². The molecule has 5 rings (SSSR count). The molecule has 27 heavy (non-hydrogen) atoms. The van der Waals surface area contributed by atoms with Gasteiger partial charge in [0, 0.05) is 17.8 Å². The zero-order valence-electron chi connectivity index (χ0n) is 15.8. The van der Waals surface area contributed by atoms with Crippen molar-refractivity contribution in [3.8, 4) is 0 Å². The first-order valence-electron chi connectivity index (χ1n) is 9.74. The van der Waals surface area contributed by atoms with Crippen LogP contribution in [0.25, 0.3) is 5.65 Å². The molecule has 1 aliphatic heterocycles. The van der Waals surface area contributed by atoms with Crippen LogP contribution in [0.2, 0.25) is 0 Å². The van der Waals surface area contributed by atoms with Crippen LogP contribution < -0.4 is 4.90 Å². The Balaban J connectivity index is 0.000000872. The molecule has 4 heterocycles. The number of anilines is 1. The van der Waals surface area contributed by atoms with Crippen molar-refractivity contribution in [2.75, 3.05) is 24.6 Å². The van der Waals surface area contributed by atoms with Gasteiger partial charge < -0.3 is 9.64 Å². The summed E-state index contributed by atoms with van der Waals surface area (Å²) in [6.07, 6.45) is 5.21. The first kappa shape index (κ1) is 18.2. The highest BCUT2D eigenvalue weighted by Gasteiger charge is 2.27. The molecule has 0 radical (unpaired) electrons. The fraction of sp³-hybridized carbons (Fsp3) is 0.611. The molecule has 144 valence electrons. The van der Waals surface area contributed by atoms with Crippen LogP contribution in [0.5, 0.6) is 0 Å². The first-order valence-corrected chi connectivity index (χ1v) is 10.6. The standard InChI is InChI=1S/C16H19N7OS.C2H6/c1-2-4-11(3-1)12-10-25-16(17-12)13-9-22(7-8-24-13)15-6-5-14-18-20-21-23(14)19-15;1-2/h5-6,10-11,13H,1-4,7-9H2;1-2H3. The van der Waals surface area contributed by atoms with E-state index in [1.54, 1.807) is 11.3 Å². The van der Waals surface area contributed by atoms with Crippen molar-refractivity contribution < 1.29 is 4.74 Å². The first-order chi connectivity index (χ1) is 13.4. The lowest BCUT2D eigenvalue weighted by Crippen LogP contribution is -2.39. The Morgan fingerprint density at radius 1 is 1.19 bits per heavy atom. The van der Waals surface area contributed by atoms with Gasteiger partial charge in [0.15, 0.2) is 11.5 Å². The third-order valence-corrected chi connectivity index (χ3v) is 5.99. The monoisotopic (exact) mass is 387 g/mol. The largest absolute Gasteiger partial charge is 0.367 e. The maximum Gasteiger partial charge on any atom is 0.200 e. The summed E-state index contributed by atoms with van der Waals surface area (Å²) < 4.78 is 7.46. The van der Waals surface area contributed by atoms with Crippen LogP contribution in [0.4, 0.5) is 5.82 Å². The van der Waals surface area contributed by atoms with Gasteiger partial charge in [-0.05, 0) is 35.4 Å². The summed E-state index contributed by atoms with van der Waals surface area (Å²) in [4.78, 5) is 7.11. The maximum atomic E-state index is 6.00. The summed E-state index contributed by atoms with van der Waals surface area (Å²) in [5.74, 6) is 1.51. The molecule has 1 atom stereocenters. The number of fused-ring (bicyclic) bond motifs is 1. The number of hydrogen-bond acceptors (Lipinski definition) is 8. The predicted molar refractivity (Wildman–Crippen MR) is 104 cm³/mol. The lowest BCUT2D eigenvalue weighted by molar-refractivity contribution is 0.0392. The molecule has 1 unspecified atom stereocenters. The summed E-state index contributed by atoms with van der Waals surface area (Å²) in [7, 11) is 0. The molecule has 9 heteroatoms. The second-order valence-corrected chi connectivity index (χ2v) is 7.51. The van der Waals surface area contributed by atoms with E-state index < -0.39 is 0 Å². The molecule has 0 spiro atoms. The van der Waals surface area contributed by atoms with Crippen molar-refractivity contribution in [1.29, 1.82) is 0 Å². The number of morpholine rings is 1. The smallest absolute Gasteiger partial charge is 0.200 e. The molecule has 0 amide bonds. The van der Waals surface area contributed by atoms with E-state index in [9.17, 15) is 0 Å². The van der Waals surface area contributed by atoms with Crippen molar-refractivity contribution >= 4 is 22.8 Å². The Morgan fingerprint density at radius 3 is 2.89 bits per heavy atom. The van der Waals surface area contributed by atoms with Gasteiger partial charge in [-0.3, -0.25) is 0 Å². The lowest BCUT2D eigenvalue weighted by Gasteiger charge is -2.32. The van der Waals surface area contributed by atoms with Crippen LogP contribution >= 0.6 is 11.3 Å². The number of ether oxygens (including phenoxy) is 1. The molecule has 1 saturated heterocycles. The third-order valence-electron chi connectivity index (χ3n) is 5.03. The van der Waals surface area contributed by atoms with Crippen LogP contribution in [-0.2, 0) is 4.74 Å². The molecule has 0 aromatic carbocycles. The Hall–Kier alpha value is -2.13. The normalized spacial score (nSPS) is 20.7. The highest BCUT2D eigenvalue weighted by Crippen LogP contribution is 2.36. The van der Waals surface area contributed by atoms with E-state index in [1.807, 2.05) is 26.0 Å². The fourth-order valence-corrected chi connectivity index (χ4v) is 4.61. The van der Waals surface area contributed by atoms with E-state index >= 15 is 0 Å². The molecule has 1 aliphatic carbocycles. The Labute approximate surface area is 162 Å². The Kier molecular flexibility index (Phi) is 5.58. The molecular weight excluding hydrogens is 362 g/mol. The van der Waals surface area contributed by atoms with E-state index in [0.717, 1.165) is 23.9 Å². The van der Waals surface area contributed by atoms with Gasteiger partial charge >= 0.3 is 0 Å². The zero-order valence-corrected chi connectivity index (χ0v) is 16.6. The van der Waals surface area contributed by atoms with Gasteiger partial charge in [-0.15, -0.1) is 26.2 Å². The maximum absolute atomic E-state index is 6.00. The average molecular weight is 388 g/mol. The van der Waals surface area contributed by atoms with Crippen molar-refractivity contribution in [2.24, 2.45) is 0 Å². The molecule has 2 aliphatic rings. The predicted octanol–water partition coefficient (Wildman–Crippen LogP) is 3.24. The molecule has 0 N–H and O–H groups in total. The molecule has 8 nitrogen and oxygen atoms in total. The van der Waals surface area contributed by atoms with Crippen molar-refractivity contribution in [3.05, 3.63) is 28.2 Å². The van der Waals surface area contributed by atoms with Crippen LogP contribution in [-0.4, -0.2) is 49.9 Å². The number of aromatic nitrogens is 6. The number of hydrogen-bond donors (Lipinski definition) is 0. The molecule has 2 fully saturated rings. The number of rotatable bonds is 3. The SMILES string of the molecule is CC.c1sc(C2CN(c3ccc4nnnn4n3)CCO2)nc1C1CCCC1. The van der Waals surface area contributed by atoms with Gasteiger partial charge in [0.2, 0.25) is 0 Å². The van der Waals surface area contributed by atoms with Crippen LogP contribution in [0.1, 0.15) is 62.3 Å². The summed E-state index contributed by atoms with van der Waals surface area (Å²) in [6, 6.07) is 3.84. The van der Waals surface area contributed by atoms with Gasteiger partial charge in [-0.2, -0.15) is 0 Å². The summed E-state index contributed by atoms with van der Waals surface area (Å²) in [6.45, 7) is 6.22. The van der Waals surface area contributed by atoms with Gasteiger partial charge in [0.1, 0.15) is 11.1 Å². The summed E-state index contributed by atoms with van der Waals surface area (Å²) in [5, 5.41) is 19.2. The molecule has 3 aromatic heterocycles. The molecule has 3 aromatic rings. The number of nitrogens with zero attached hydrogens (tertiary/aromatic N) is 7. The average Bonchev–Trinajstić information content (AvgIpc) is 3.50. The van der Waals surface area contributed by atoms with Crippen LogP contribution in [0.15, 0.2) is 17.5 Å².